The number of hydrogen-bond acceptors (Lipinski definition) is 2. The maximum atomic E-state index is 4.29. The van der Waals surface area contributed by atoms with Crippen LogP contribution >= 0.6 is 0 Å². The summed E-state index contributed by atoms with van der Waals surface area (Å²) in [6.07, 6.45) is 17.7. The first-order valence-corrected chi connectivity index (χ1v) is 8.76. The summed E-state index contributed by atoms with van der Waals surface area (Å²) in [7, 11) is 2.19. The lowest BCUT2D eigenvalue weighted by Gasteiger charge is -2.35. The fraction of sp³-hybridized carbons (Fsp3) is 0.364. The van der Waals surface area contributed by atoms with Gasteiger partial charge in [0, 0.05) is 31.9 Å². The van der Waals surface area contributed by atoms with Crippen molar-refractivity contribution in [3.8, 4) is 0 Å². The van der Waals surface area contributed by atoms with Crippen molar-refractivity contribution < 1.29 is 0 Å². The van der Waals surface area contributed by atoms with Crippen molar-refractivity contribution in [1.82, 2.24) is 9.80 Å². The Morgan fingerprint density at radius 3 is 2.50 bits per heavy atom. The molecule has 2 nitrogen and oxygen atoms in total. The Kier molecular flexibility index (Phi) is 7.07. The molecule has 1 fully saturated rings. The summed E-state index contributed by atoms with van der Waals surface area (Å²) >= 11 is 0. The van der Waals surface area contributed by atoms with Crippen LogP contribution in [0.5, 0.6) is 0 Å². The van der Waals surface area contributed by atoms with E-state index in [9.17, 15) is 0 Å². The first kappa shape index (κ1) is 18.3. The van der Waals surface area contributed by atoms with E-state index in [0.29, 0.717) is 0 Å². The molecule has 0 spiro atoms. The lowest BCUT2D eigenvalue weighted by atomic mass is 9.97. The van der Waals surface area contributed by atoms with Crippen molar-refractivity contribution in [1.29, 1.82) is 0 Å². The summed E-state index contributed by atoms with van der Waals surface area (Å²) in [5, 5.41) is 0. The van der Waals surface area contributed by atoms with Gasteiger partial charge in [-0.1, -0.05) is 67.8 Å². The van der Waals surface area contributed by atoms with Gasteiger partial charge in [0.05, 0.1) is 0 Å². The minimum Gasteiger partial charge on any atom is -0.373 e. The maximum Gasteiger partial charge on any atom is 0.0303 e. The molecule has 1 saturated heterocycles. The zero-order valence-electron chi connectivity index (χ0n) is 15.0. The van der Waals surface area contributed by atoms with E-state index in [0.717, 1.165) is 51.0 Å². The van der Waals surface area contributed by atoms with Gasteiger partial charge in [-0.05, 0) is 37.5 Å². The van der Waals surface area contributed by atoms with Crippen LogP contribution in [0.25, 0.3) is 0 Å². The molecule has 24 heavy (non-hydrogen) atoms. The molecule has 0 aromatic heterocycles. The van der Waals surface area contributed by atoms with E-state index >= 15 is 0 Å². The second kappa shape index (κ2) is 9.29. The summed E-state index contributed by atoms with van der Waals surface area (Å²) in [6, 6.07) is 0. The molecule has 0 atom stereocenters. The molecule has 0 N–H and O–H groups in total. The molecule has 0 saturated carbocycles. The van der Waals surface area contributed by atoms with E-state index in [1.54, 1.807) is 6.08 Å². The van der Waals surface area contributed by atoms with Gasteiger partial charge >= 0.3 is 0 Å². The van der Waals surface area contributed by atoms with Gasteiger partial charge in [0.2, 0.25) is 0 Å². The summed E-state index contributed by atoms with van der Waals surface area (Å²) in [6.45, 7) is 16.4. The van der Waals surface area contributed by atoms with Crippen molar-refractivity contribution in [2.45, 2.75) is 19.3 Å². The molecular weight excluding hydrogens is 292 g/mol. The van der Waals surface area contributed by atoms with Crippen LogP contribution in [0.4, 0.5) is 0 Å². The lowest BCUT2D eigenvalue weighted by molar-refractivity contribution is 0.183. The quantitative estimate of drug-likeness (QED) is 0.630. The molecule has 1 heterocycles. The average molecular weight is 322 g/mol. The third-order valence-corrected chi connectivity index (χ3v) is 4.66. The highest BCUT2D eigenvalue weighted by atomic mass is 15.2. The van der Waals surface area contributed by atoms with Crippen molar-refractivity contribution in [3.05, 3.63) is 84.7 Å². The first-order valence-electron chi connectivity index (χ1n) is 8.76. The number of likely N-dealkylation sites (N-methyl/N-ethyl adjacent to an activating group) is 1. The van der Waals surface area contributed by atoms with Gasteiger partial charge in [-0.15, -0.1) is 0 Å². The zero-order valence-corrected chi connectivity index (χ0v) is 15.0. The Morgan fingerprint density at radius 2 is 1.92 bits per heavy atom. The second-order valence-electron chi connectivity index (χ2n) is 6.50. The van der Waals surface area contributed by atoms with Gasteiger partial charge in [0.1, 0.15) is 0 Å². The highest BCUT2D eigenvalue weighted by molar-refractivity contribution is 5.43. The fourth-order valence-electron chi connectivity index (χ4n) is 2.99. The standard InChI is InChI=1S/C22H30N2/c1-5-7-20(6-2)18-22-12-10-21(11-13-22)9-8-19(3)24-16-14-23(4)15-17-24/h5-7,10-12,18H,1-3,8-9,13-17H2,4H3/b20-7-,22-18-. The molecule has 0 amide bonds. The summed E-state index contributed by atoms with van der Waals surface area (Å²) in [5.74, 6) is 0. The molecule has 0 unspecified atom stereocenters. The Balaban J connectivity index is 1.81. The predicted octanol–water partition coefficient (Wildman–Crippen LogP) is 4.64. The topological polar surface area (TPSA) is 6.48 Å². The smallest absolute Gasteiger partial charge is 0.0303 e. The molecule has 1 aliphatic carbocycles. The van der Waals surface area contributed by atoms with E-state index in [1.165, 1.54) is 16.8 Å². The average Bonchev–Trinajstić information content (AvgIpc) is 2.61. The molecule has 2 aliphatic rings. The van der Waals surface area contributed by atoms with Crippen molar-refractivity contribution in [2.24, 2.45) is 0 Å². The van der Waals surface area contributed by atoms with Crippen LogP contribution in [0.2, 0.25) is 0 Å². The minimum absolute atomic E-state index is 0.981. The molecule has 0 bridgehead atoms. The third kappa shape index (κ3) is 5.54. The Hall–Kier alpha value is -2.06. The van der Waals surface area contributed by atoms with E-state index in [-0.39, 0.29) is 0 Å². The van der Waals surface area contributed by atoms with Gasteiger partial charge in [-0.3, -0.25) is 0 Å². The normalized spacial score (nSPS) is 20.9. The van der Waals surface area contributed by atoms with Crippen LogP contribution < -0.4 is 0 Å². The molecule has 2 rings (SSSR count). The second-order valence-corrected chi connectivity index (χ2v) is 6.50. The number of nitrogens with zero attached hydrogens (tertiary/aromatic N) is 2. The number of hydrogen-bond donors (Lipinski definition) is 0. The van der Waals surface area contributed by atoms with E-state index in [4.69, 9.17) is 0 Å². The van der Waals surface area contributed by atoms with Crippen LogP contribution in [-0.2, 0) is 0 Å². The van der Waals surface area contributed by atoms with E-state index in [2.05, 4.69) is 60.9 Å². The van der Waals surface area contributed by atoms with E-state index in [1.807, 2.05) is 12.2 Å². The Labute approximate surface area is 147 Å². The van der Waals surface area contributed by atoms with Crippen molar-refractivity contribution >= 4 is 0 Å². The predicted molar refractivity (Wildman–Crippen MR) is 106 cm³/mol. The summed E-state index contributed by atoms with van der Waals surface area (Å²) in [4.78, 5) is 4.82. The van der Waals surface area contributed by atoms with Crippen LogP contribution in [0, 0.1) is 0 Å². The SMILES string of the molecule is C=C/C=C(C=C)\C=C1\C=CC(CCC(=C)N2CCN(C)CC2)=CC1. The number of piperazine rings is 1. The van der Waals surface area contributed by atoms with Gasteiger partial charge in [-0.2, -0.15) is 0 Å². The summed E-state index contributed by atoms with van der Waals surface area (Å²) in [5.41, 5.74) is 5.10. The Bertz CT molecular complexity index is 593. The minimum atomic E-state index is 0.981. The first-order chi connectivity index (χ1) is 11.6. The highest BCUT2D eigenvalue weighted by Gasteiger charge is 2.15. The van der Waals surface area contributed by atoms with Crippen molar-refractivity contribution in [3.63, 3.8) is 0 Å². The molecule has 1 aliphatic heterocycles. The Morgan fingerprint density at radius 1 is 1.17 bits per heavy atom. The molecule has 0 aromatic rings. The fourth-order valence-corrected chi connectivity index (χ4v) is 2.99. The van der Waals surface area contributed by atoms with Crippen LogP contribution in [-0.4, -0.2) is 43.0 Å². The van der Waals surface area contributed by atoms with Gasteiger partial charge < -0.3 is 9.80 Å². The van der Waals surface area contributed by atoms with Crippen LogP contribution in [0.1, 0.15) is 19.3 Å². The molecule has 2 heteroatoms. The van der Waals surface area contributed by atoms with Crippen LogP contribution in [0.3, 0.4) is 0 Å². The van der Waals surface area contributed by atoms with E-state index < -0.39 is 0 Å². The van der Waals surface area contributed by atoms with Gasteiger partial charge in [0.25, 0.3) is 0 Å². The molecular formula is C22H30N2. The van der Waals surface area contributed by atoms with Gasteiger partial charge in [-0.25, -0.2) is 0 Å². The third-order valence-electron chi connectivity index (χ3n) is 4.66. The number of rotatable bonds is 7. The lowest BCUT2D eigenvalue weighted by Crippen LogP contribution is -2.43. The maximum absolute atomic E-state index is 4.29. The van der Waals surface area contributed by atoms with Crippen molar-refractivity contribution in [2.75, 3.05) is 33.2 Å². The molecule has 0 radical (unpaired) electrons. The molecule has 0 aromatic carbocycles. The van der Waals surface area contributed by atoms with Gasteiger partial charge in [0.15, 0.2) is 0 Å². The monoisotopic (exact) mass is 322 g/mol. The summed E-state index contributed by atoms with van der Waals surface area (Å²) < 4.78 is 0. The number of allylic oxidation sites excluding steroid dienone is 11. The molecule has 128 valence electrons. The van der Waals surface area contributed by atoms with Crippen LogP contribution in [0.15, 0.2) is 84.7 Å². The largest absolute Gasteiger partial charge is 0.373 e. The zero-order chi connectivity index (χ0) is 17.4. The highest BCUT2D eigenvalue weighted by Crippen LogP contribution is 2.23.